The predicted molar refractivity (Wildman–Crippen MR) is 118 cm³/mol. The standard InChI is InChI=1S/C15H14BrN3O.C7H7Cl/c1-9(2)14-13(11-8-10(16)4-5-12(11)20)18-15-17-6-3-7-19(14)15;1-6-2-4-7(8)5-3-6/h3-9,20H,1-2H3;2-5H,1H3. The van der Waals surface area contributed by atoms with Crippen LogP contribution in [-0.4, -0.2) is 19.5 Å². The first-order valence-corrected chi connectivity index (χ1v) is 10.1. The zero-order chi connectivity index (χ0) is 20.3. The van der Waals surface area contributed by atoms with Gasteiger partial charge in [0.1, 0.15) is 5.75 Å². The van der Waals surface area contributed by atoms with Crippen molar-refractivity contribution in [2.24, 2.45) is 0 Å². The van der Waals surface area contributed by atoms with Gasteiger partial charge in [-0.25, -0.2) is 9.97 Å². The fraction of sp³-hybridized carbons (Fsp3) is 0.182. The van der Waals surface area contributed by atoms with Crippen LogP contribution in [0.25, 0.3) is 17.0 Å². The average Bonchev–Trinajstić information content (AvgIpc) is 3.06. The summed E-state index contributed by atoms with van der Waals surface area (Å²) in [5, 5.41) is 10.9. The molecule has 0 fully saturated rings. The summed E-state index contributed by atoms with van der Waals surface area (Å²) in [4.78, 5) is 8.86. The first-order chi connectivity index (χ1) is 13.4. The van der Waals surface area contributed by atoms with Crippen LogP contribution < -0.4 is 0 Å². The number of hydrogen-bond donors (Lipinski definition) is 1. The van der Waals surface area contributed by atoms with Gasteiger partial charge in [0.05, 0.1) is 11.4 Å². The summed E-state index contributed by atoms with van der Waals surface area (Å²) in [5.74, 6) is 1.13. The molecule has 0 spiro atoms. The zero-order valence-electron chi connectivity index (χ0n) is 15.9. The predicted octanol–water partition coefficient (Wildman–Crippen LogP) is 6.64. The van der Waals surface area contributed by atoms with Crippen LogP contribution in [0.1, 0.15) is 31.0 Å². The van der Waals surface area contributed by atoms with Gasteiger partial charge in [0, 0.05) is 27.5 Å². The summed E-state index contributed by atoms with van der Waals surface area (Å²) in [6.07, 6.45) is 3.67. The number of rotatable bonds is 2. The van der Waals surface area contributed by atoms with Crippen molar-refractivity contribution in [2.75, 3.05) is 0 Å². The fourth-order valence-electron chi connectivity index (χ4n) is 2.89. The first-order valence-electron chi connectivity index (χ1n) is 8.91. The van der Waals surface area contributed by atoms with E-state index in [1.807, 2.05) is 60.0 Å². The summed E-state index contributed by atoms with van der Waals surface area (Å²) < 4.78 is 2.88. The second-order valence-corrected chi connectivity index (χ2v) is 8.10. The SMILES string of the molecule is CC(C)c1c(-c2cc(Br)ccc2O)nc2ncccn12.Cc1ccc(Cl)cc1. The molecule has 4 nitrogen and oxygen atoms in total. The van der Waals surface area contributed by atoms with E-state index in [1.54, 1.807) is 12.3 Å². The topological polar surface area (TPSA) is 50.4 Å². The van der Waals surface area contributed by atoms with Gasteiger partial charge < -0.3 is 5.11 Å². The molecule has 28 heavy (non-hydrogen) atoms. The molecule has 144 valence electrons. The van der Waals surface area contributed by atoms with E-state index in [2.05, 4.69) is 39.7 Å². The molecule has 0 bridgehead atoms. The Morgan fingerprint density at radius 1 is 1.11 bits per heavy atom. The molecule has 6 heteroatoms. The number of aromatic hydroxyl groups is 1. The molecule has 0 radical (unpaired) electrons. The van der Waals surface area contributed by atoms with E-state index in [4.69, 9.17) is 11.6 Å². The monoisotopic (exact) mass is 457 g/mol. The fourth-order valence-corrected chi connectivity index (χ4v) is 3.37. The van der Waals surface area contributed by atoms with Crippen LogP contribution in [0.2, 0.25) is 5.02 Å². The normalized spacial score (nSPS) is 10.8. The molecule has 0 atom stereocenters. The Kier molecular flexibility index (Phi) is 6.37. The first kappa shape index (κ1) is 20.4. The van der Waals surface area contributed by atoms with E-state index in [-0.39, 0.29) is 11.7 Å². The third-order valence-corrected chi connectivity index (χ3v) is 4.96. The molecule has 0 saturated carbocycles. The maximum absolute atomic E-state index is 10.1. The van der Waals surface area contributed by atoms with E-state index < -0.39 is 0 Å². The lowest BCUT2D eigenvalue weighted by Gasteiger charge is -2.09. The summed E-state index contributed by atoms with van der Waals surface area (Å²) in [7, 11) is 0. The minimum Gasteiger partial charge on any atom is -0.507 e. The van der Waals surface area contributed by atoms with Gasteiger partial charge >= 0.3 is 0 Å². The van der Waals surface area contributed by atoms with Crippen molar-refractivity contribution in [3.05, 3.63) is 81.7 Å². The van der Waals surface area contributed by atoms with Crippen molar-refractivity contribution in [1.82, 2.24) is 14.4 Å². The van der Waals surface area contributed by atoms with Crippen molar-refractivity contribution in [1.29, 1.82) is 0 Å². The Hall–Kier alpha value is -2.37. The quantitative estimate of drug-likeness (QED) is 0.366. The molecular weight excluding hydrogens is 438 g/mol. The van der Waals surface area contributed by atoms with Crippen LogP contribution >= 0.6 is 27.5 Å². The molecule has 0 aliphatic carbocycles. The van der Waals surface area contributed by atoms with E-state index in [1.165, 1.54) is 5.56 Å². The number of hydrogen-bond acceptors (Lipinski definition) is 3. The van der Waals surface area contributed by atoms with Gasteiger partial charge in [0.2, 0.25) is 5.78 Å². The smallest absolute Gasteiger partial charge is 0.234 e. The van der Waals surface area contributed by atoms with E-state index in [0.717, 1.165) is 20.9 Å². The number of halogens is 2. The van der Waals surface area contributed by atoms with Crippen molar-refractivity contribution in [2.45, 2.75) is 26.7 Å². The third-order valence-electron chi connectivity index (χ3n) is 4.21. The van der Waals surface area contributed by atoms with Crippen LogP contribution in [0.3, 0.4) is 0 Å². The minimum absolute atomic E-state index is 0.221. The van der Waals surface area contributed by atoms with Gasteiger partial charge in [-0.1, -0.05) is 59.1 Å². The molecular formula is C22H21BrClN3O. The molecule has 4 aromatic rings. The Morgan fingerprint density at radius 2 is 1.82 bits per heavy atom. The number of aryl methyl sites for hydroxylation is 1. The molecule has 2 aromatic heterocycles. The molecule has 2 aromatic carbocycles. The Morgan fingerprint density at radius 3 is 2.46 bits per heavy atom. The van der Waals surface area contributed by atoms with Crippen molar-refractivity contribution < 1.29 is 5.11 Å². The molecule has 0 amide bonds. The van der Waals surface area contributed by atoms with E-state index >= 15 is 0 Å². The van der Waals surface area contributed by atoms with Crippen LogP contribution in [0, 0.1) is 6.92 Å². The van der Waals surface area contributed by atoms with Crippen molar-refractivity contribution in [3.63, 3.8) is 0 Å². The molecule has 0 saturated heterocycles. The van der Waals surface area contributed by atoms with Crippen LogP contribution in [-0.2, 0) is 0 Å². The van der Waals surface area contributed by atoms with Gasteiger partial charge in [0.25, 0.3) is 0 Å². The van der Waals surface area contributed by atoms with Crippen molar-refractivity contribution >= 4 is 33.3 Å². The largest absolute Gasteiger partial charge is 0.507 e. The van der Waals surface area contributed by atoms with E-state index in [0.29, 0.717) is 11.3 Å². The highest BCUT2D eigenvalue weighted by Crippen LogP contribution is 2.36. The van der Waals surface area contributed by atoms with Gasteiger partial charge in [-0.3, -0.25) is 4.40 Å². The lowest BCUT2D eigenvalue weighted by atomic mass is 10.0. The van der Waals surface area contributed by atoms with Gasteiger partial charge in [-0.15, -0.1) is 0 Å². The molecule has 0 aliphatic heterocycles. The summed E-state index contributed by atoms with van der Waals surface area (Å²) >= 11 is 9.05. The number of phenolic OH excluding ortho intramolecular Hbond substituents is 1. The van der Waals surface area contributed by atoms with Crippen LogP contribution in [0.15, 0.2) is 65.4 Å². The lowest BCUT2D eigenvalue weighted by Crippen LogP contribution is -1.97. The van der Waals surface area contributed by atoms with Crippen LogP contribution in [0.5, 0.6) is 5.75 Å². The highest BCUT2D eigenvalue weighted by molar-refractivity contribution is 9.10. The minimum atomic E-state index is 0.221. The zero-order valence-corrected chi connectivity index (χ0v) is 18.2. The number of fused-ring (bicyclic) bond motifs is 1. The Balaban J connectivity index is 0.000000236. The number of aromatic nitrogens is 3. The molecule has 2 heterocycles. The highest BCUT2D eigenvalue weighted by atomic mass is 79.9. The lowest BCUT2D eigenvalue weighted by molar-refractivity contribution is 0.477. The molecule has 1 N–H and O–H groups in total. The number of benzene rings is 2. The van der Waals surface area contributed by atoms with Crippen molar-refractivity contribution in [3.8, 4) is 17.0 Å². The van der Waals surface area contributed by atoms with Gasteiger partial charge in [-0.05, 0) is 49.2 Å². The van der Waals surface area contributed by atoms with E-state index in [9.17, 15) is 5.11 Å². The molecule has 0 aliphatic rings. The summed E-state index contributed by atoms with van der Waals surface area (Å²) in [6.45, 7) is 6.25. The van der Waals surface area contributed by atoms with Gasteiger partial charge in [0.15, 0.2) is 0 Å². The van der Waals surface area contributed by atoms with Gasteiger partial charge in [-0.2, -0.15) is 0 Å². The second-order valence-electron chi connectivity index (χ2n) is 6.75. The summed E-state index contributed by atoms with van der Waals surface area (Å²) in [6, 6.07) is 15.0. The number of imidazole rings is 1. The Labute approximate surface area is 178 Å². The summed E-state index contributed by atoms with van der Waals surface area (Å²) in [5.41, 5.74) is 3.78. The Bertz CT molecular complexity index is 1070. The maximum atomic E-state index is 10.1. The average molecular weight is 459 g/mol. The maximum Gasteiger partial charge on any atom is 0.234 e. The van der Waals surface area contributed by atoms with Crippen LogP contribution in [0.4, 0.5) is 0 Å². The third kappa shape index (κ3) is 4.54. The molecule has 0 unspecified atom stereocenters. The number of phenols is 1. The molecule has 4 rings (SSSR count). The highest BCUT2D eigenvalue weighted by Gasteiger charge is 2.19. The number of nitrogens with zero attached hydrogens (tertiary/aromatic N) is 3. The second kappa shape index (κ2) is 8.76.